The third kappa shape index (κ3) is 3.12. The van der Waals surface area contributed by atoms with Crippen LogP contribution in [0.1, 0.15) is 11.1 Å². The summed E-state index contributed by atoms with van der Waals surface area (Å²) in [6.45, 7) is 4.23. The van der Waals surface area contributed by atoms with Gasteiger partial charge < -0.3 is 10.6 Å². The van der Waals surface area contributed by atoms with Crippen molar-refractivity contribution >= 4 is 55.1 Å². The number of hydrogen-bond donors (Lipinski definition) is 2. The molecule has 6 aromatic carbocycles. The quantitative estimate of drug-likeness (QED) is 0.283. The molecule has 0 spiro atoms. The van der Waals surface area contributed by atoms with Crippen molar-refractivity contribution in [1.29, 1.82) is 0 Å². The standard InChI is InChI=1S/C30H24N2/c1-19-6-13-24(14-7-19)31-27-18-23-11-10-21-4-3-5-22-12-17-26(29(23)28(21)22)30(27)32-25-15-8-20(2)9-16-25/h3-18,31-32H,1-2H3. The molecule has 0 aliphatic carbocycles. The van der Waals surface area contributed by atoms with Gasteiger partial charge in [0.1, 0.15) is 0 Å². The van der Waals surface area contributed by atoms with E-state index in [1.807, 2.05) is 0 Å². The molecule has 6 aromatic rings. The molecule has 0 bridgehead atoms. The Kier molecular flexibility index (Phi) is 4.26. The zero-order valence-electron chi connectivity index (χ0n) is 18.2. The summed E-state index contributed by atoms with van der Waals surface area (Å²) < 4.78 is 0. The first-order valence-corrected chi connectivity index (χ1v) is 11.0. The van der Waals surface area contributed by atoms with Crippen LogP contribution in [0.5, 0.6) is 0 Å². The minimum atomic E-state index is 1.07. The van der Waals surface area contributed by atoms with E-state index in [0.717, 1.165) is 22.7 Å². The van der Waals surface area contributed by atoms with Crippen LogP contribution in [0.4, 0.5) is 22.7 Å². The zero-order chi connectivity index (χ0) is 21.7. The van der Waals surface area contributed by atoms with E-state index in [1.54, 1.807) is 0 Å². The van der Waals surface area contributed by atoms with Gasteiger partial charge in [-0.1, -0.05) is 77.9 Å². The minimum Gasteiger partial charge on any atom is -0.354 e. The molecule has 0 fully saturated rings. The number of benzene rings is 6. The predicted molar refractivity (Wildman–Crippen MR) is 139 cm³/mol. The molecule has 2 N–H and O–H groups in total. The zero-order valence-corrected chi connectivity index (χ0v) is 18.2. The molecule has 0 unspecified atom stereocenters. The van der Waals surface area contributed by atoms with Gasteiger partial charge in [-0.05, 0) is 71.1 Å². The molecule has 2 nitrogen and oxygen atoms in total. The number of aryl methyl sites for hydroxylation is 2. The van der Waals surface area contributed by atoms with E-state index in [2.05, 4.69) is 122 Å². The summed E-state index contributed by atoms with van der Waals surface area (Å²) in [5.41, 5.74) is 6.83. The third-order valence-corrected chi connectivity index (χ3v) is 6.30. The Balaban J connectivity index is 1.61. The van der Waals surface area contributed by atoms with E-state index in [-0.39, 0.29) is 0 Å². The highest BCUT2D eigenvalue weighted by atomic mass is 15.0. The van der Waals surface area contributed by atoms with Crippen LogP contribution in [0.2, 0.25) is 0 Å². The molecule has 154 valence electrons. The van der Waals surface area contributed by atoms with Gasteiger partial charge in [0.15, 0.2) is 0 Å². The van der Waals surface area contributed by atoms with Gasteiger partial charge in [-0.25, -0.2) is 0 Å². The summed E-state index contributed by atoms with van der Waals surface area (Å²) in [4.78, 5) is 0. The summed E-state index contributed by atoms with van der Waals surface area (Å²) in [5.74, 6) is 0. The van der Waals surface area contributed by atoms with Gasteiger partial charge in [0, 0.05) is 16.8 Å². The highest BCUT2D eigenvalue weighted by Crippen LogP contribution is 2.43. The van der Waals surface area contributed by atoms with Gasteiger partial charge in [-0.15, -0.1) is 0 Å². The van der Waals surface area contributed by atoms with Crippen molar-refractivity contribution in [2.24, 2.45) is 0 Å². The average molecular weight is 413 g/mol. The highest BCUT2D eigenvalue weighted by Gasteiger charge is 2.15. The smallest absolute Gasteiger partial charge is 0.0703 e. The molecule has 0 aliphatic rings. The maximum absolute atomic E-state index is 3.72. The van der Waals surface area contributed by atoms with Gasteiger partial charge in [0.25, 0.3) is 0 Å². The predicted octanol–water partition coefficient (Wildman–Crippen LogP) is 8.69. The number of hydrogen-bond acceptors (Lipinski definition) is 2. The van der Waals surface area contributed by atoms with Crippen LogP contribution in [0.3, 0.4) is 0 Å². The van der Waals surface area contributed by atoms with Crippen LogP contribution in [-0.4, -0.2) is 0 Å². The number of rotatable bonds is 4. The Bertz CT molecular complexity index is 1550. The van der Waals surface area contributed by atoms with E-state index in [9.17, 15) is 0 Å². The fourth-order valence-electron chi connectivity index (χ4n) is 4.62. The fraction of sp³-hybridized carbons (Fsp3) is 0.0667. The van der Waals surface area contributed by atoms with E-state index in [4.69, 9.17) is 0 Å². The lowest BCUT2D eigenvalue weighted by Gasteiger charge is -2.20. The van der Waals surface area contributed by atoms with Gasteiger partial charge in [-0.2, -0.15) is 0 Å². The first kappa shape index (κ1) is 18.7. The Hall–Kier alpha value is -4.04. The van der Waals surface area contributed by atoms with Gasteiger partial charge >= 0.3 is 0 Å². The number of anilines is 4. The first-order valence-electron chi connectivity index (χ1n) is 11.0. The summed E-state index contributed by atoms with van der Waals surface area (Å²) in [5, 5.41) is 15.1. The average Bonchev–Trinajstić information content (AvgIpc) is 2.82. The van der Waals surface area contributed by atoms with Crippen LogP contribution in [0.15, 0.2) is 97.1 Å². The lowest BCUT2D eigenvalue weighted by Crippen LogP contribution is -2.00. The van der Waals surface area contributed by atoms with Crippen molar-refractivity contribution < 1.29 is 0 Å². The number of nitrogens with one attached hydrogen (secondary N) is 2. The molecule has 0 saturated carbocycles. The van der Waals surface area contributed by atoms with Crippen molar-refractivity contribution in [1.82, 2.24) is 0 Å². The van der Waals surface area contributed by atoms with E-state index < -0.39 is 0 Å². The maximum Gasteiger partial charge on any atom is 0.0703 e. The molecule has 32 heavy (non-hydrogen) atoms. The molecular weight excluding hydrogens is 388 g/mol. The van der Waals surface area contributed by atoms with Crippen LogP contribution in [0, 0.1) is 13.8 Å². The summed E-state index contributed by atoms with van der Waals surface area (Å²) in [6.07, 6.45) is 0. The van der Waals surface area contributed by atoms with Crippen LogP contribution in [-0.2, 0) is 0 Å². The summed E-state index contributed by atoms with van der Waals surface area (Å²) in [7, 11) is 0. The lowest BCUT2D eigenvalue weighted by molar-refractivity contribution is 1.45. The Morgan fingerprint density at radius 1 is 0.500 bits per heavy atom. The monoisotopic (exact) mass is 412 g/mol. The van der Waals surface area contributed by atoms with Crippen molar-refractivity contribution in [2.75, 3.05) is 10.6 Å². The van der Waals surface area contributed by atoms with Crippen molar-refractivity contribution in [3.63, 3.8) is 0 Å². The summed E-state index contributed by atoms with van der Waals surface area (Å²) >= 11 is 0. The molecule has 0 atom stereocenters. The van der Waals surface area contributed by atoms with Gasteiger partial charge in [0.2, 0.25) is 0 Å². The molecule has 0 amide bonds. The molecule has 0 aromatic heterocycles. The molecule has 0 heterocycles. The second-order valence-corrected chi connectivity index (χ2v) is 8.64. The van der Waals surface area contributed by atoms with E-state index in [1.165, 1.54) is 43.4 Å². The Labute approximate surface area is 187 Å². The molecular formula is C30H24N2. The molecule has 0 saturated heterocycles. The van der Waals surface area contributed by atoms with Crippen LogP contribution < -0.4 is 10.6 Å². The largest absolute Gasteiger partial charge is 0.354 e. The Morgan fingerprint density at radius 3 is 1.72 bits per heavy atom. The van der Waals surface area contributed by atoms with Crippen molar-refractivity contribution in [3.8, 4) is 0 Å². The third-order valence-electron chi connectivity index (χ3n) is 6.30. The van der Waals surface area contributed by atoms with E-state index in [0.29, 0.717) is 0 Å². The van der Waals surface area contributed by atoms with Gasteiger partial charge in [-0.3, -0.25) is 0 Å². The highest BCUT2D eigenvalue weighted by molar-refractivity contribution is 6.27. The van der Waals surface area contributed by atoms with Gasteiger partial charge in [0.05, 0.1) is 11.4 Å². The molecule has 6 rings (SSSR count). The van der Waals surface area contributed by atoms with Crippen molar-refractivity contribution in [2.45, 2.75) is 13.8 Å². The normalized spacial score (nSPS) is 11.4. The van der Waals surface area contributed by atoms with Crippen LogP contribution >= 0.6 is 0 Å². The molecule has 0 aliphatic heterocycles. The van der Waals surface area contributed by atoms with E-state index >= 15 is 0 Å². The lowest BCUT2D eigenvalue weighted by atomic mass is 9.92. The molecule has 2 heteroatoms. The molecule has 0 radical (unpaired) electrons. The second kappa shape index (κ2) is 7.28. The second-order valence-electron chi connectivity index (χ2n) is 8.64. The SMILES string of the molecule is Cc1ccc(Nc2cc3ccc4cccc5ccc(c2Nc2ccc(C)cc2)c3c45)cc1. The summed E-state index contributed by atoms with van der Waals surface area (Å²) in [6, 6.07) is 34.9. The minimum absolute atomic E-state index is 1.07. The van der Waals surface area contributed by atoms with Crippen molar-refractivity contribution in [3.05, 3.63) is 108 Å². The topological polar surface area (TPSA) is 24.1 Å². The Morgan fingerprint density at radius 2 is 1.06 bits per heavy atom. The first-order chi connectivity index (χ1) is 15.7. The maximum atomic E-state index is 3.72. The van der Waals surface area contributed by atoms with Crippen LogP contribution in [0.25, 0.3) is 32.3 Å². The fourth-order valence-corrected chi connectivity index (χ4v) is 4.62.